The molecule has 1 aromatic heterocycles. The van der Waals surface area contributed by atoms with Crippen LogP contribution in [0.2, 0.25) is 0 Å². The number of sulfonamides is 1. The van der Waals surface area contributed by atoms with Crippen molar-refractivity contribution in [1.82, 2.24) is 0 Å². The second-order valence-electron chi connectivity index (χ2n) is 7.32. The lowest BCUT2D eigenvalue weighted by Crippen LogP contribution is -2.35. The van der Waals surface area contributed by atoms with Gasteiger partial charge in [0.2, 0.25) is 0 Å². The second-order valence-corrected chi connectivity index (χ2v) is 10.1. The minimum atomic E-state index is -3.41. The van der Waals surface area contributed by atoms with E-state index in [1.54, 1.807) is 18.4 Å². The number of thioether (sulfide) groups is 1. The zero-order valence-corrected chi connectivity index (χ0v) is 18.5. The largest absolute Gasteiger partial charge is 0.467 e. The number of amides is 1. The molecule has 2 aliphatic heterocycles. The Morgan fingerprint density at radius 1 is 1.16 bits per heavy atom. The lowest BCUT2D eigenvalue weighted by Gasteiger charge is -2.22. The highest BCUT2D eigenvalue weighted by Crippen LogP contribution is 2.42. The number of ether oxygens (including phenoxy) is 1. The Balaban J connectivity index is 1.25. The predicted molar refractivity (Wildman–Crippen MR) is 122 cm³/mol. The molecule has 5 rings (SSSR count). The minimum absolute atomic E-state index is 0.0136. The second kappa shape index (κ2) is 8.45. The molecule has 32 heavy (non-hydrogen) atoms. The van der Waals surface area contributed by atoms with Crippen LogP contribution in [0.25, 0.3) is 0 Å². The average Bonchev–Trinajstić information content (AvgIpc) is 3.39. The molecule has 0 saturated heterocycles. The highest BCUT2D eigenvalue weighted by molar-refractivity contribution is 8.15. The highest BCUT2D eigenvalue weighted by Gasteiger charge is 2.33. The van der Waals surface area contributed by atoms with E-state index < -0.39 is 10.0 Å². The van der Waals surface area contributed by atoms with E-state index in [1.807, 2.05) is 47.4 Å². The molecule has 0 aliphatic carbocycles. The van der Waals surface area contributed by atoms with Crippen LogP contribution in [0, 0.1) is 0 Å². The van der Waals surface area contributed by atoms with E-state index in [-0.39, 0.29) is 11.7 Å². The number of hydrogen-bond donors (Lipinski definition) is 1. The molecule has 0 fully saturated rings. The maximum absolute atomic E-state index is 12.8. The zero-order valence-electron chi connectivity index (χ0n) is 16.9. The quantitative estimate of drug-likeness (QED) is 0.585. The Labute approximate surface area is 189 Å². The normalized spacial score (nSPS) is 16.2. The fourth-order valence-corrected chi connectivity index (χ4v) is 5.77. The molecular weight excluding hydrogens is 450 g/mol. The number of rotatable bonds is 6. The number of hydrogen-bond acceptors (Lipinski definition) is 7. The number of anilines is 2. The van der Waals surface area contributed by atoms with Gasteiger partial charge >= 0.3 is 0 Å². The molecule has 1 amide bonds. The Bertz CT molecular complexity index is 1300. The van der Waals surface area contributed by atoms with E-state index in [9.17, 15) is 13.2 Å². The van der Waals surface area contributed by atoms with Gasteiger partial charge in [0.05, 0.1) is 24.3 Å². The first-order chi connectivity index (χ1) is 15.5. The standard InChI is InChI=1S/C22H19N3O5S2/c26-21(23-17-4-1-3-15(11-17)13-29-14-18-5-2-9-30-18)16-6-7-19-20(12-16)31-22-24-32(27,28)10-8-25(19)22/h1-7,9,11-12H,8,10,13-14H2,(H,23,26). The summed E-state index contributed by atoms with van der Waals surface area (Å²) in [5.74, 6) is 0.491. The number of nitrogens with one attached hydrogen (secondary N) is 1. The van der Waals surface area contributed by atoms with Crippen LogP contribution >= 0.6 is 11.8 Å². The van der Waals surface area contributed by atoms with Gasteiger partial charge in [-0.1, -0.05) is 12.1 Å². The first-order valence-electron chi connectivity index (χ1n) is 9.89. The first-order valence-corrected chi connectivity index (χ1v) is 12.3. The first kappa shape index (κ1) is 20.8. The molecule has 8 nitrogen and oxygen atoms in total. The van der Waals surface area contributed by atoms with Crippen molar-refractivity contribution in [1.29, 1.82) is 0 Å². The van der Waals surface area contributed by atoms with Crippen molar-refractivity contribution in [2.75, 3.05) is 22.5 Å². The van der Waals surface area contributed by atoms with Crippen LogP contribution < -0.4 is 10.2 Å². The number of amidine groups is 1. The summed E-state index contributed by atoms with van der Waals surface area (Å²) in [6.07, 6.45) is 1.60. The number of fused-ring (bicyclic) bond motifs is 3. The van der Waals surface area contributed by atoms with Crippen LogP contribution in [0.1, 0.15) is 21.7 Å². The van der Waals surface area contributed by atoms with Crippen molar-refractivity contribution in [2.24, 2.45) is 4.40 Å². The van der Waals surface area contributed by atoms with Gasteiger partial charge in [0.1, 0.15) is 12.4 Å². The molecule has 3 heterocycles. The van der Waals surface area contributed by atoms with Crippen molar-refractivity contribution < 1.29 is 22.4 Å². The van der Waals surface area contributed by atoms with Crippen LogP contribution in [-0.2, 0) is 28.0 Å². The fraction of sp³-hybridized carbons (Fsp3) is 0.182. The van der Waals surface area contributed by atoms with Gasteiger partial charge in [-0.25, -0.2) is 8.42 Å². The third-order valence-corrected chi connectivity index (χ3v) is 7.32. The van der Waals surface area contributed by atoms with Gasteiger partial charge in [-0.3, -0.25) is 4.79 Å². The lowest BCUT2D eigenvalue weighted by atomic mass is 10.1. The van der Waals surface area contributed by atoms with E-state index in [1.165, 1.54) is 11.8 Å². The summed E-state index contributed by atoms with van der Waals surface area (Å²) >= 11 is 1.26. The molecule has 10 heteroatoms. The van der Waals surface area contributed by atoms with E-state index in [0.717, 1.165) is 21.9 Å². The molecule has 164 valence electrons. The van der Waals surface area contributed by atoms with Crippen molar-refractivity contribution in [3.8, 4) is 0 Å². The summed E-state index contributed by atoms with van der Waals surface area (Å²) in [7, 11) is -3.41. The maximum Gasteiger partial charge on any atom is 0.257 e. The molecule has 0 radical (unpaired) electrons. The lowest BCUT2D eigenvalue weighted by molar-refractivity contribution is 0.0929. The topological polar surface area (TPSA) is 101 Å². The van der Waals surface area contributed by atoms with Crippen LogP contribution in [-0.4, -0.2) is 31.8 Å². The Hall–Kier alpha value is -3.08. The predicted octanol–water partition coefficient (Wildman–Crippen LogP) is 3.86. The van der Waals surface area contributed by atoms with Crippen LogP contribution in [0.15, 0.2) is 74.6 Å². The number of nitrogens with zero attached hydrogens (tertiary/aromatic N) is 2. The monoisotopic (exact) mass is 469 g/mol. The molecule has 3 aromatic rings. The van der Waals surface area contributed by atoms with Crippen molar-refractivity contribution >= 4 is 44.2 Å². The number of carbonyl (C=O) groups excluding carboxylic acids is 1. The maximum atomic E-state index is 12.8. The zero-order chi connectivity index (χ0) is 22.1. The highest BCUT2D eigenvalue weighted by atomic mass is 32.2. The molecule has 0 unspecified atom stereocenters. The molecule has 0 atom stereocenters. The van der Waals surface area contributed by atoms with Crippen LogP contribution in [0.3, 0.4) is 0 Å². The summed E-state index contributed by atoms with van der Waals surface area (Å²) in [6, 6.07) is 16.5. The van der Waals surface area contributed by atoms with Gasteiger partial charge < -0.3 is 19.4 Å². The third-order valence-electron chi connectivity index (χ3n) is 5.01. The summed E-state index contributed by atoms with van der Waals surface area (Å²) in [4.78, 5) is 15.5. The summed E-state index contributed by atoms with van der Waals surface area (Å²) in [5.41, 5.74) is 2.94. The Kier molecular flexibility index (Phi) is 5.50. The number of carbonyl (C=O) groups is 1. The van der Waals surface area contributed by atoms with Gasteiger partial charge in [-0.05, 0) is 59.8 Å². The van der Waals surface area contributed by atoms with Gasteiger partial charge in [0, 0.05) is 22.7 Å². The van der Waals surface area contributed by atoms with Crippen LogP contribution in [0.5, 0.6) is 0 Å². The summed E-state index contributed by atoms with van der Waals surface area (Å²) < 4.78 is 38.3. The van der Waals surface area contributed by atoms with Crippen molar-refractivity contribution in [3.05, 3.63) is 77.7 Å². The SMILES string of the molecule is O=C(Nc1cccc(COCc2ccco2)c1)c1ccc2c(c1)SC1=NS(=O)(=O)CCN12. The van der Waals surface area contributed by atoms with E-state index in [2.05, 4.69) is 9.71 Å². The molecule has 0 bridgehead atoms. The molecule has 2 aliphatic rings. The summed E-state index contributed by atoms with van der Waals surface area (Å²) in [5, 5.41) is 3.34. The average molecular weight is 470 g/mol. The van der Waals surface area contributed by atoms with E-state index in [0.29, 0.717) is 36.2 Å². The molecule has 1 N–H and O–H groups in total. The molecule has 0 spiro atoms. The molecule has 0 saturated carbocycles. The van der Waals surface area contributed by atoms with Gasteiger partial charge in [-0.15, -0.1) is 4.40 Å². The molecular formula is C22H19N3O5S2. The van der Waals surface area contributed by atoms with Crippen molar-refractivity contribution in [2.45, 2.75) is 18.1 Å². The van der Waals surface area contributed by atoms with Gasteiger partial charge in [-0.2, -0.15) is 0 Å². The fourth-order valence-electron chi connectivity index (χ4n) is 3.48. The third kappa shape index (κ3) is 4.43. The van der Waals surface area contributed by atoms with Gasteiger partial charge in [0.25, 0.3) is 15.9 Å². The minimum Gasteiger partial charge on any atom is -0.467 e. The Morgan fingerprint density at radius 2 is 2.06 bits per heavy atom. The van der Waals surface area contributed by atoms with Gasteiger partial charge in [0.15, 0.2) is 5.17 Å². The number of furan rings is 1. The number of benzene rings is 2. The van der Waals surface area contributed by atoms with Crippen molar-refractivity contribution in [3.63, 3.8) is 0 Å². The Morgan fingerprint density at radius 3 is 2.91 bits per heavy atom. The summed E-state index contributed by atoms with van der Waals surface area (Å²) in [6.45, 7) is 1.13. The van der Waals surface area contributed by atoms with Crippen LogP contribution in [0.4, 0.5) is 11.4 Å². The van der Waals surface area contributed by atoms with E-state index in [4.69, 9.17) is 9.15 Å². The van der Waals surface area contributed by atoms with E-state index >= 15 is 0 Å². The molecule has 2 aromatic carbocycles. The smallest absolute Gasteiger partial charge is 0.257 e.